The summed E-state index contributed by atoms with van der Waals surface area (Å²) in [4.78, 5) is 0. The smallest absolute Gasteiger partial charge is 0.206 e. The molecule has 7 heteroatoms. The van der Waals surface area contributed by atoms with Crippen LogP contribution < -0.4 is 18.9 Å². The topological polar surface area (TPSA) is 64.6 Å². The van der Waals surface area contributed by atoms with Gasteiger partial charge in [0.05, 0.1) is 7.11 Å². The lowest BCUT2D eigenvalue weighted by Crippen LogP contribution is -2.08. The Morgan fingerprint density at radius 1 is 0.700 bits per heavy atom. The molecule has 0 aromatic heterocycles. The number of rotatable bonds is 10. The van der Waals surface area contributed by atoms with E-state index in [1.165, 1.54) is 21.3 Å². The van der Waals surface area contributed by atoms with Gasteiger partial charge in [0.2, 0.25) is 5.75 Å². The highest BCUT2D eigenvalue weighted by atomic mass is 16.7. The minimum Gasteiger partial charge on any atom is -0.496 e. The van der Waals surface area contributed by atoms with Crippen molar-refractivity contribution in [3.8, 4) is 23.0 Å². The summed E-state index contributed by atoms with van der Waals surface area (Å²) in [7, 11) is 6.12. The first-order valence-corrected chi connectivity index (χ1v) is 5.84. The molecule has 1 aromatic carbocycles. The van der Waals surface area contributed by atoms with E-state index in [-0.39, 0.29) is 20.4 Å². The fourth-order valence-electron chi connectivity index (χ4n) is 1.39. The molecule has 0 saturated carbocycles. The summed E-state index contributed by atoms with van der Waals surface area (Å²) in [6.45, 7) is 0.194. The molecule has 0 aliphatic heterocycles. The molecule has 0 saturated heterocycles. The third-order valence-electron chi connectivity index (χ3n) is 2.22. The van der Waals surface area contributed by atoms with Crippen molar-refractivity contribution in [1.82, 2.24) is 0 Å². The van der Waals surface area contributed by atoms with E-state index >= 15 is 0 Å². The largest absolute Gasteiger partial charge is 0.496 e. The Morgan fingerprint density at radius 3 is 1.55 bits per heavy atom. The first kappa shape index (κ1) is 16.4. The molecular formula is C13H20O7. The zero-order valence-electron chi connectivity index (χ0n) is 12.1. The lowest BCUT2D eigenvalue weighted by molar-refractivity contribution is 0.0216. The van der Waals surface area contributed by atoms with Crippen LogP contribution in [-0.2, 0) is 14.2 Å². The number of benzene rings is 1. The molecule has 114 valence electrons. The van der Waals surface area contributed by atoms with Crippen LogP contribution in [0.1, 0.15) is 0 Å². The molecule has 0 fully saturated rings. The molecular weight excluding hydrogens is 268 g/mol. The van der Waals surface area contributed by atoms with Crippen LogP contribution in [-0.4, -0.2) is 48.8 Å². The SMILES string of the molecule is COCOc1cc(OC)cc(OCOC)c1OCOC. The number of methoxy groups -OCH3 is 4. The Kier molecular flexibility index (Phi) is 7.56. The van der Waals surface area contributed by atoms with Gasteiger partial charge in [0.15, 0.2) is 31.9 Å². The van der Waals surface area contributed by atoms with Gasteiger partial charge in [-0.3, -0.25) is 0 Å². The molecule has 0 bridgehead atoms. The van der Waals surface area contributed by atoms with Gasteiger partial charge in [0, 0.05) is 33.5 Å². The lowest BCUT2D eigenvalue weighted by Gasteiger charge is -2.17. The fraction of sp³-hybridized carbons (Fsp3) is 0.538. The Balaban J connectivity index is 3.06. The minimum absolute atomic E-state index is 0.0546. The molecule has 0 radical (unpaired) electrons. The van der Waals surface area contributed by atoms with Crippen LogP contribution in [0.15, 0.2) is 12.1 Å². The maximum absolute atomic E-state index is 5.47. The van der Waals surface area contributed by atoms with E-state index in [4.69, 9.17) is 33.2 Å². The summed E-state index contributed by atoms with van der Waals surface area (Å²) in [5.41, 5.74) is 0. The van der Waals surface area contributed by atoms with Gasteiger partial charge in [-0.2, -0.15) is 0 Å². The molecule has 0 atom stereocenters. The predicted octanol–water partition coefficient (Wildman–Crippen LogP) is 1.64. The summed E-state index contributed by atoms with van der Waals surface area (Å²) < 4.78 is 36.2. The standard InChI is InChI=1S/C13H20O7/c1-14-7-18-11-5-10(17-4)6-12(19-8-15-2)13(11)20-9-16-3/h5-6H,7-9H2,1-4H3. The van der Waals surface area contributed by atoms with Crippen molar-refractivity contribution in [3.05, 3.63) is 12.1 Å². The molecule has 7 nitrogen and oxygen atoms in total. The third kappa shape index (κ3) is 4.76. The van der Waals surface area contributed by atoms with Crippen molar-refractivity contribution < 1.29 is 33.2 Å². The highest BCUT2D eigenvalue weighted by molar-refractivity contribution is 5.55. The summed E-state index contributed by atoms with van der Waals surface area (Å²) >= 11 is 0. The Morgan fingerprint density at radius 2 is 1.15 bits per heavy atom. The maximum Gasteiger partial charge on any atom is 0.206 e. The third-order valence-corrected chi connectivity index (χ3v) is 2.22. The van der Waals surface area contributed by atoms with Crippen LogP contribution >= 0.6 is 0 Å². The van der Waals surface area contributed by atoms with E-state index in [1.54, 1.807) is 19.2 Å². The average Bonchev–Trinajstić information content (AvgIpc) is 2.48. The highest BCUT2D eigenvalue weighted by Gasteiger charge is 2.16. The fourth-order valence-corrected chi connectivity index (χ4v) is 1.39. The van der Waals surface area contributed by atoms with Gasteiger partial charge in [-0.05, 0) is 0 Å². The Hall–Kier alpha value is -1.70. The van der Waals surface area contributed by atoms with E-state index in [0.29, 0.717) is 23.0 Å². The first-order chi connectivity index (χ1) is 9.76. The van der Waals surface area contributed by atoms with Crippen molar-refractivity contribution in [2.75, 3.05) is 48.8 Å². The Labute approximate surface area is 118 Å². The quantitative estimate of drug-likeness (QED) is 0.606. The Bertz CT molecular complexity index is 365. The van der Waals surface area contributed by atoms with E-state index in [1.807, 2.05) is 0 Å². The van der Waals surface area contributed by atoms with Crippen LogP contribution in [0.5, 0.6) is 23.0 Å². The normalized spacial score (nSPS) is 10.2. The summed E-state index contributed by atoms with van der Waals surface area (Å²) in [5, 5.41) is 0. The molecule has 20 heavy (non-hydrogen) atoms. The van der Waals surface area contributed by atoms with E-state index < -0.39 is 0 Å². The van der Waals surface area contributed by atoms with Gasteiger partial charge >= 0.3 is 0 Å². The molecule has 0 heterocycles. The highest BCUT2D eigenvalue weighted by Crippen LogP contribution is 2.41. The van der Waals surface area contributed by atoms with Gasteiger partial charge in [-0.15, -0.1) is 0 Å². The molecule has 0 unspecified atom stereocenters. The van der Waals surface area contributed by atoms with Gasteiger partial charge in [-0.25, -0.2) is 0 Å². The van der Waals surface area contributed by atoms with Crippen LogP contribution in [0, 0.1) is 0 Å². The van der Waals surface area contributed by atoms with Crippen molar-refractivity contribution in [2.45, 2.75) is 0 Å². The van der Waals surface area contributed by atoms with Crippen LogP contribution in [0.2, 0.25) is 0 Å². The first-order valence-electron chi connectivity index (χ1n) is 5.84. The van der Waals surface area contributed by atoms with Crippen molar-refractivity contribution in [3.63, 3.8) is 0 Å². The summed E-state index contributed by atoms with van der Waals surface area (Å²) in [5.74, 6) is 1.80. The lowest BCUT2D eigenvalue weighted by atomic mass is 10.2. The second-order valence-corrected chi connectivity index (χ2v) is 3.61. The molecule has 1 rings (SSSR count). The second kappa shape index (κ2) is 9.24. The number of ether oxygens (including phenoxy) is 7. The number of hydrogen-bond donors (Lipinski definition) is 0. The number of hydrogen-bond acceptors (Lipinski definition) is 7. The van der Waals surface area contributed by atoms with Crippen LogP contribution in [0.3, 0.4) is 0 Å². The van der Waals surface area contributed by atoms with E-state index in [9.17, 15) is 0 Å². The van der Waals surface area contributed by atoms with E-state index in [2.05, 4.69) is 0 Å². The van der Waals surface area contributed by atoms with Crippen molar-refractivity contribution in [1.29, 1.82) is 0 Å². The molecule has 0 spiro atoms. The minimum atomic E-state index is 0.0546. The van der Waals surface area contributed by atoms with Gasteiger partial charge < -0.3 is 33.2 Å². The second-order valence-electron chi connectivity index (χ2n) is 3.61. The van der Waals surface area contributed by atoms with Gasteiger partial charge in [-0.1, -0.05) is 0 Å². The maximum atomic E-state index is 5.47. The van der Waals surface area contributed by atoms with Crippen molar-refractivity contribution in [2.24, 2.45) is 0 Å². The summed E-state index contributed by atoms with van der Waals surface area (Å²) in [6.07, 6.45) is 0. The van der Waals surface area contributed by atoms with Gasteiger partial charge in [0.25, 0.3) is 0 Å². The molecule has 0 amide bonds. The molecule has 0 N–H and O–H groups in total. The molecule has 0 aliphatic rings. The zero-order chi connectivity index (χ0) is 14.8. The monoisotopic (exact) mass is 288 g/mol. The zero-order valence-corrected chi connectivity index (χ0v) is 12.1. The molecule has 1 aromatic rings. The molecule has 0 aliphatic carbocycles. The van der Waals surface area contributed by atoms with E-state index in [0.717, 1.165) is 0 Å². The predicted molar refractivity (Wildman–Crippen MR) is 70.5 cm³/mol. The van der Waals surface area contributed by atoms with Crippen LogP contribution in [0.25, 0.3) is 0 Å². The van der Waals surface area contributed by atoms with Crippen LogP contribution in [0.4, 0.5) is 0 Å². The van der Waals surface area contributed by atoms with Crippen molar-refractivity contribution >= 4 is 0 Å². The average molecular weight is 288 g/mol. The summed E-state index contributed by atoms with van der Waals surface area (Å²) in [6, 6.07) is 3.34. The van der Waals surface area contributed by atoms with Gasteiger partial charge in [0.1, 0.15) is 5.75 Å².